The summed E-state index contributed by atoms with van der Waals surface area (Å²) in [6.07, 6.45) is 0. The summed E-state index contributed by atoms with van der Waals surface area (Å²) < 4.78 is 1.47. The second kappa shape index (κ2) is 3.10. The van der Waals surface area contributed by atoms with Crippen LogP contribution in [0.3, 0.4) is 0 Å². The van der Waals surface area contributed by atoms with Gasteiger partial charge in [0.05, 0.1) is 5.52 Å². The molecule has 0 bridgehead atoms. The van der Waals surface area contributed by atoms with E-state index < -0.39 is 0 Å². The second-order valence-corrected chi connectivity index (χ2v) is 4.24. The summed E-state index contributed by atoms with van der Waals surface area (Å²) in [7, 11) is 1.62. The van der Waals surface area contributed by atoms with E-state index in [2.05, 4.69) is 0 Å². The zero-order chi connectivity index (χ0) is 12.2. The Kier molecular flexibility index (Phi) is 1.80. The van der Waals surface area contributed by atoms with E-state index in [1.807, 2.05) is 0 Å². The lowest BCUT2D eigenvalue weighted by Gasteiger charge is -2.23. The molecule has 2 heterocycles. The number of rotatable bonds is 0. The number of nitrogens with zero attached hydrogens (tertiary/aromatic N) is 2. The van der Waals surface area contributed by atoms with Gasteiger partial charge in [-0.25, -0.2) is 0 Å². The first-order valence-corrected chi connectivity index (χ1v) is 5.27. The third-order valence-corrected chi connectivity index (χ3v) is 3.01. The number of carbonyl (C=O) groups excluding carboxylic acids is 2. The van der Waals surface area contributed by atoms with Crippen LogP contribution in [-0.2, 0) is 0 Å². The first kappa shape index (κ1) is 9.89. The van der Waals surface area contributed by atoms with Crippen molar-refractivity contribution in [3.8, 4) is 0 Å². The van der Waals surface area contributed by atoms with E-state index in [0.717, 1.165) is 10.9 Å². The number of hydrogen-bond acceptors (Lipinski definition) is 3. The predicted molar refractivity (Wildman–Crippen MR) is 63.9 cm³/mol. The average molecular weight is 229 g/mol. The summed E-state index contributed by atoms with van der Waals surface area (Å²) in [6.45, 7) is 0.111. The summed E-state index contributed by atoms with van der Waals surface area (Å²) >= 11 is 0. The van der Waals surface area contributed by atoms with E-state index >= 15 is 0 Å². The van der Waals surface area contributed by atoms with E-state index in [1.165, 1.54) is 9.47 Å². The first-order chi connectivity index (χ1) is 8.08. The van der Waals surface area contributed by atoms with Crippen LogP contribution in [0.15, 0.2) is 24.3 Å². The fraction of sp³-hybridized carbons (Fsp3) is 0.167. The van der Waals surface area contributed by atoms with Crippen LogP contribution in [0.25, 0.3) is 10.9 Å². The number of amides is 1. The number of nitrogen functional groups attached to an aromatic ring is 1. The quantitative estimate of drug-likeness (QED) is 0.684. The zero-order valence-electron chi connectivity index (χ0n) is 9.30. The third kappa shape index (κ3) is 1.25. The Labute approximate surface area is 97.4 Å². The summed E-state index contributed by atoms with van der Waals surface area (Å²) in [5.41, 5.74) is 7.45. The molecule has 2 aromatic rings. The van der Waals surface area contributed by atoms with Gasteiger partial charge in [-0.05, 0) is 24.3 Å². The minimum absolute atomic E-state index is 0.0955. The Balaban J connectivity index is 2.37. The molecule has 0 unspecified atom stereocenters. The van der Waals surface area contributed by atoms with Crippen LogP contribution in [-0.4, -0.2) is 34.9 Å². The molecule has 0 saturated heterocycles. The van der Waals surface area contributed by atoms with E-state index in [4.69, 9.17) is 5.73 Å². The van der Waals surface area contributed by atoms with Crippen molar-refractivity contribution >= 4 is 28.4 Å². The number of benzene rings is 1. The topological polar surface area (TPSA) is 68.3 Å². The molecule has 0 aliphatic carbocycles. The molecule has 2 N–H and O–H groups in total. The normalized spacial score (nSPS) is 15.5. The van der Waals surface area contributed by atoms with Gasteiger partial charge >= 0.3 is 0 Å². The molecule has 1 amide bonds. The predicted octanol–water partition coefficient (Wildman–Crippen LogP) is 0.949. The highest BCUT2D eigenvalue weighted by atomic mass is 16.2. The van der Waals surface area contributed by atoms with Crippen molar-refractivity contribution in [1.82, 2.24) is 9.47 Å². The molecule has 0 radical (unpaired) electrons. The lowest BCUT2D eigenvalue weighted by molar-refractivity contribution is 0.0661. The van der Waals surface area contributed by atoms with E-state index in [1.54, 1.807) is 31.3 Å². The number of likely N-dealkylation sites (N-methyl/N-ethyl adjacent to an activating group) is 1. The second-order valence-electron chi connectivity index (χ2n) is 4.24. The summed E-state index contributed by atoms with van der Waals surface area (Å²) in [4.78, 5) is 25.3. The number of nitrogens with two attached hydrogens (primary N) is 1. The van der Waals surface area contributed by atoms with Gasteiger partial charge in [0, 0.05) is 18.1 Å². The number of anilines is 1. The van der Waals surface area contributed by atoms with Gasteiger partial charge in [-0.3, -0.25) is 14.2 Å². The van der Waals surface area contributed by atoms with Gasteiger partial charge in [-0.1, -0.05) is 0 Å². The van der Waals surface area contributed by atoms with Crippen molar-refractivity contribution in [1.29, 1.82) is 0 Å². The molecule has 0 spiro atoms. The van der Waals surface area contributed by atoms with Gasteiger partial charge in [0.15, 0.2) is 0 Å². The summed E-state index contributed by atoms with van der Waals surface area (Å²) in [5, 5.41) is 0.817. The Hall–Kier alpha value is -2.30. The lowest BCUT2D eigenvalue weighted by Crippen LogP contribution is -2.41. The molecular weight excluding hydrogens is 218 g/mol. The number of carbonyl (C=O) groups is 2. The molecule has 17 heavy (non-hydrogen) atoms. The highest BCUT2D eigenvalue weighted by molar-refractivity contribution is 6.09. The maximum atomic E-state index is 11.9. The molecule has 5 heteroatoms. The van der Waals surface area contributed by atoms with E-state index in [9.17, 15) is 9.59 Å². The minimum Gasteiger partial charge on any atom is -0.399 e. The molecule has 0 atom stereocenters. The minimum atomic E-state index is -0.139. The molecule has 0 saturated carbocycles. The standard InChI is InChI=1S/C12H11N3O2/c1-14-6-11(16)15-9-3-2-8(13)4-7(9)5-10(15)12(14)17/h2-5H,6,13H2,1H3. The van der Waals surface area contributed by atoms with Gasteiger partial charge < -0.3 is 10.6 Å². The molecule has 86 valence electrons. The van der Waals surface area contributed by atoms with Crippen molar-refractivity contribution in [3.63, 3.8) is 0 Å². The van der Waals surface area contributed by atoms with Crippen LogP contribution >= 0.6 is 0 Å². The van der Waals surface area contributed by atoms with E-state index in [0.29, 0.717) is 11.4 Å². The highest BCUT2D eigenvalue weighted by Gasteiger charge is 2.29. The van der Waals surface area contributed by atoms with Crippen molar-refractivity contribution in [3.05, 3.63) is 30.0 Å². The molecule has 5 nitrogen and oxygen atoms in total. The van der Waals surface area contributed by atoms with Crippen LogP contribution in [0, 0.1) is 0 Å². The monoisotopic (exact) mass is 229 g/mol. The van der Waals surface area contributed by atoms with Gasteiger partial charge in [-0.15, -0.1) is 0 Å². The Morgan fingerprint density at radius 1 is 1.24 bits per heavy atom. The Bertz CT molecular complexity index is 657. The smallest absolute Gasteiger partial charge is 0.271 e. The van der Waals surface area contributed by atoms with Crippen LogP contribution < -0.4 is 5.73 Å². The van der Waals surface area contributed by atoms with Crippen LogP contribution in [0.4, 0.5) is 5.69 Å². The number of hydrogen-bond donors (Lipinski definition) is 1. The average Bonchev–Trinajstić information content (AvgIpc) is 2.64. The van der Waals surface area contributed by atoms with Crippen LogP contribution in [0.1, 0.15) is 15.3 Å². The summed E-state index contributed by atoms with van der Waals surface area (Å²) in [5.74, 6) is -0.235. The molecular formula is C12H11N3O2. The molecule has 1 aromatic carbocycles. The lowest BCUT2D eigenvalue weighted by atomic mass is 10.2. The van der Waals surface area contributed by atoms with Crippen molar-refractivity contribution in [2.24, 2.45) is 0 Å². The van der Waals surface area contributed by atoms with Gasteiger partial charge in [0.1, 0.15) is 12.2 Å². The van der Waals surface area contributed by atoms with Crippen molar-refractivity contribution < 1.29 is 9.59 Å². The highest BCUT2D eigenvalue weighted by Crippen LogP contribution is 2.25. The molecule has 1 aliphatic heterocycles. The largest absolute Gasteiger partial charge is 0.399 e. The van der Waals surface area contributed by atoms with Gasteiger partial charge in [-0.2, -0.15) is 0 Å². The summed E-state index contributed by atoms with van der Waals surface area (Å²) in [6, 6.07) is 6.97. The molecule has 1 aliphatic rings. The Morgan fingerprint density at radius 2 is 2.00 bits per heavy atom. The maximum Gasteiger partial charge on any atom is 0.271 e. The molecule has 0 fully saturated rings. The van der Waals surface area contributed by atoms with Gasteiger partial charge in [0.25, 0.3) is 11.8 Å². The number of aromatic nitrogens is 1. The van der Waals surface area contributed by atoms with Crippen LogP contribution in [0.5, 0.6) is 0 Å². The Morgan fingerprint density at radius 3 is 2.76 bits per heavy atom. The van der Waals surface area contributed by atoms with Gasteiger partial charge in [0.2, 0.25) is 0 Å². The maximum absolute atomic E-state index is 11.9. The van der Waals surface area contributed by atoms with Crippen LogP contribution in [0.2, 0.25) is 0 Å². The number of fused-ring (bicyclic) bond motifs is 3. The third-order valence-electron chi connectivity index (χ3n) is 3.01. The van der Waals surface area contributed by atoms with E-state index in [-0.39, 0.29) is 18.4 Å². The van der Waals surface area contributed by atoms with Crippen molar-refractivity contribution in [2.45, 2.75) is 0 Å². The fourth-order valence-electron chi connectivity index (χ4n) is 2.20. The zero-order valence-corrected chi connectivity index (χ0v) is 9.30. The fourth-order valence-corrected chi connectivity index (χ4v) is 2.20. The molecule has 3 rings (SSSR count). The molecule has 1 aromatic heterocycles. The SMILES string of the molecule is CN1CC(=O)n2c(cc3cc(N)ccc32)C1=O. The first-order valence-electron chi connectivity index (χ1n) is 5.27. The van der Waals surface area contributed by atoms with Crippen molar-refractivity contribution in [2.75, 3.05) is 19.3 Å².